The number of benzene rings is 1. The molecule has 126 valence electrons. The SMILES string of the molecule is CN(C)S(=O)(=O)c1ccc(C(=O)NCc2nn3cnnc3s2)cc1. The highest BCUT2D eigenvalue weighted by Crippen LogP contribution is 2.15. The Hall–Kier alpha value is -2.37. The number of hydrogen-bond acceptors (Lipinski definition) is 7. The van der Waals surface area contributed by atoms with E-state index in [4.69, 9.17) is 0 Å². The second-order valence-electron chi connectivity index (χ2n) is 5.05. The van der Waals surface area contributed by atoms with Gasteiger partial charge in [-0.3, -0.25) is 4.79 Å². The molecule has 24 heavy (non-hydrogen) atoms. The van der Waals surface area contributed by atoms with E-state index in [0.29, 0.717) is 15.5 Å². The second kappa shape index (κ2) is 6.26. The molecule has 2 heterocycles. The van der Waals surface area contributed by atoms with Crippen LogP contribution in [0.1, 0.15) is 15.4 Å². The molecule has 0 unspecified atom stereocenters. The van der Waals surface area contributed by atoms with Crippen molar-refractivity contribution in [2.75, 3.05) is 14.1 Å². The molecule has 0 aliphatic rings. The van der Waals surface area contributed by atoms with Gasteiger partial charge in [-0.05, 0) is 24.3 Å². The summed E-state index contributed by atoms with van der Waals surface area (Å²) >= 11 is 1.33. The summed E-state index contributed by atoms with van der Waals surface area (Å²) in [6, 6.07) is 5.77. The van der Waals surface area contributed by atoms with Crippen LogP contribution in [0.15, 0.2) is 35.5 Å². The van der Waals surface area contributed by atoms with E-state index in [2.05, 4.69) is 20.6 Å². The summed E-state index contributed by atoms with van der Waals surface area (Å²) in [6.07, 6.45) is 1.49. The number of fused-ring (bicyclic) bond motifs is 1. The molecular formula is C13H14N6O3S2. The number of nitrogens with zero attached hydrogens (tertiary/aromatic N) is 5. The third-order valence-corrected chi connectivity index (χ3v) is 5.97. The Bertz CT molecular complexity index is 946. The minimum Gasteiger partial charge on any atom is -0.345 e. The molecule has 1 amide bonds. The molecule has 11 heteroatoms. The Labute approximate surface area is 142 Å². The van der Waals surface area contributed by atoms with Gasteiger partial charge < -0.3 is 5.32 Å². The van der Waals surface area contributed by atoms with Gasteiger partial charge in [0.2, 0.25) is 15.0 Å². The van der Waals surface area contributed by atoms with Crippen molar-refractivity contribution in [2.45, 2.75) is 11.4 Å². The van der Waals surface area contributed by atoms with Crippen molar-refractivity contribution in [1.29, 1.82) is 0 Å². The van der Waals surface area contributed by atoms with Crippen LogP contribution in [0.3, 0.4) is 0 Å². The molecule has 0 radical (unpaired) electrons. The van der Waals surface area contributed by atoms with Gasteiger partial charge in [0.15, 0.2) is 0 Å². The first-order valence-corrected chi connectivity index (χ1v) is 9.10. The maximum atomic E-state index is 12.1. The van der Waals surface area contributed by atoms with Crippen molar-refractivity contribution >= 4 is 32.2 Å². The fourth-order valence-corrected chi connectivity index (χ4v) is 3.57. The molecule has 0 aliphatic carbocycles. The first-order chi connectivity index (χ1) is 11.4. The Morgan fingerprint density at radius 2 is 2.00 bits per heavy atom. The van der Waals surface area contributed by atoms with Gasteiger partial charge in [0, 0.05) is 19.7 Å². The van der Waals surface area contributed by atoms with E-state index in [1.54, 1.807) is 0 Å². The molecule has 3 rings (SSSR count). The highest BCUT2D eigenvalue weighted by Gasteiger charge is 2.17. The summed E-state index contributed by atoms with van der Waals surface area (Å²) in [5.74, 6) is -0.310. The third kappa shape index (κ3) is 3.13. The number of amides is 1. The summed E-state index contributed by atoms with van der Waals surface area (Å²) in [5.41, 5.74) is 0.371. The molecule has 2 aromatic heterocycles. The first kappa shape index (κ1) is 16.5. The molecule has 1 N–H and O–H groups in total. The quantitative estimate of drug-likeness (QED) is 0.698. The van der Waals surface area contributed by atoms with E-state index >= 15 is 0 Å². The van der Waals surface area contributed by atoms with Gasteiger partial charge in [0.25, 0.3) is 5.91 Å². The van der Waals surface area contributed by atoms with Crippen LogP contribution in [-0.4, -0.2) is 52.5 Å². The zero-order valence-corrected chi connectivity index (χ0v) is 14.5. The predicted octanol–water partition coefficient (Wildman–Crippen LogP) is 0.366. The van der Waals surface area contributed by atoms with Gasteiger partial charge in [-0.2, -0.15) is 9.61 Å². The van der Waals surface area contributed by atoms with Crippen LogP contribution in [-0.2, 0) is 16.6 Å². The molecule has 9 nitrogen and oxygen atoms in total. The molecule has 0 atom stereocenters. The lowest BCUT2D eigenvalue weighted by molar-refractivity contribution is 0.0950. The maximum absolute atomic E-state index is 12.1. The van der Waals surface area contributed by atoms with Gasteiger partial charge in [-0.15, -0.1) is 10.2 Å². The van der Waals surface area contributed by atoms with Gasteiger partial charge in [-0.1, -0.05) is 11.3 Å². The summed E-state index contributed by atoms with van der Waals surface area (Å²) in [7, 11) is -0.596. The third-order valence-electron chi connectivity index (χ3n) is 3.22. The predicted molar refractivity (Wildman–Crippen MR) is 87.1 cm³/mol. The lowest BCUT2D eigenvalue weighted by Gasteiger charge is -2.11. The molecule has 0 saturated heterocycles. The van der Waals surface area contributed by atoms with Crippen LogP contribution in [0.25, 0.3) is 4.96 Å². The average molecular weight is 366 g/mol. The zero-order valence-electron chi connectivity index (χ0n) is 12.9. The average Bonchev–Trinajstić information content (AvgIpc) is 3.14. The van der Waals surface area contributed by atoms with Crippen molar-refractivity contribution in [2.24, 2.45) is 0 Å². The topological polar surface area (TPSA) is 110 Å². The van der Waals surface area contributed by atoms with Crippen LogP contribution in [0.2, 0.25) is 0 Å². The Kier molecular flexibility index (Phi) is 4.30. The number of nitrogens with one attached hydrogen (secondary N) is 1. The van der Waals surface area contributed by atoms with Gasteiger partial charge >= 0.3 is 0 Å². The smallest absolute Gasteiger partial charge is 0.251 e. The van der Waals surface area contributed by atoms with Crippen LogP contribution in [0.5, 0.6) is 0 Å². The minimum absolute atomic E-state index is 0.137. The van der Waals surface area contributed by atoms with Crippen molar-refractivity contribution in [3.05, 3.63) is 41.2 Å². The van der Waals surface area contributed by atoms with Crippen molar-refractivity contribution in [3.8, 4) is 0 Å². The van der Waals surface area contributed by atoms with E-state index in [1.165, 1.54) is 60.5 Å². The highest BCUT2D eigenvalue weighted by atomic mass is 32.2. The number of carbonyl (C=O) groups is 1. The molecule has 0 aliphatic heterocycles. The first-order valence-electron chi connectivity index (χ1n) is 6.84. The van der Waals surface area contributed by atoms with Gasteiger partial charge in [0.05, 0.1) is 11.4 Å². The summed E-state index contributed by atoms with van der Waals surface area (Å²) < 4.78 is 26.6. The monoisotopic (exact) mass is 366 g/mol. The molecule has 0 bridgehead atoms. The Balaban J connectivity index is 1.68. The van der Waals surface area contributed by atoms with Crippen molar-refractivity contribution < 1.29 is 13.2 Å². The lowest BCUT2D eigenvalue weighted by Crippen LogP contribution is -2.24. The fourth-order valence-electron chi connectivity index (χ4n) is 1.92. The van der Waals surface area contributed by atoms with Crippen LogP contribution >= 0.6 is 11.3 Å². The van der Waals surface area contributed by atoms with E-state index in [0.717, 1.165) is 4.31 Å². The van der Waals surface area contributed by atoms with Crippen molar-refractivity contribution in [1.82, 2.24) is 29.4 Å². The van der Waals surface area contributed by atoms with Crippen LogP contribution in [0, 0.1) is 0 Å². The largest absolute Gasteiger partial charge is 0.345 e. The zero-order chi connectivity index (χ0) is 17.3. The van der Waals surface area contributed by atoms with Gasteiger partial charge in [0.1, 0.15) is 11.3 Å². The van der Waals surface area contributed by atoms with E-state index < -0.39 is 10.0 Å². The number of carbonyl (C=O) groups excluding carboxylic acids is 1. The summed E-state index contributed by atoms with van der Waals surface area (Å²) in [4.78, 5) is 12.9. The molecule has 0 fully saturated rings. The van der Waals surface area contributed by atoms with E-state index in [1.807, 2.05) is 0 Å². The Morgan fingerprint density at radius 3 is 2.62 bits per heavy atom. The molecular weight excluding hydrogens is 352 g/mol. The van der Waals surface area contributed by atoms with Crippen LogP contribution in [0.4, 0.5) is 0 Å². The highest BCUT2D eigenvalue weighted by molar-refractivity contribution is 7.89. The van der Waals surface area contributed by atoms with Crippen LogP contribution < -0.4 is 5.32 Å². The molecule has 1 aromatic carbocycles. The molecule has 3 aromatic rings. The lowest BCUT2D eigenvalue weighted by atomic mass is 10.2. The number of rotatable bonds is 5. The number of hydrogen-bond donors (Lipinski definition) is 1. The fraction of sp³-hybridized carbons (Fsp3) is 0.231. The maximum Gasteiger partial charge on any atom is 0.251 e. The molecule has 0 saturated carbocycles. The van der Waals surface area contributed by atoms with E-state index in [-0.39, 0.29) is 17.3 Å². The minimum atomic E-state index is -3.51. The Morgan fingerprint density at radius 1 is 1.29 bits per heavy atom. The van der Waals surface area contributed by atoms with Crippen molar-refractivity contribution in [3.63, 3.8) is 0 Å². The summed E-state index contributed by atoms with van der Waals surface area (Å²) in [5, 5.41) is 15.2. The number of sulfonamides is 1. The second-order valence-corrected chi connectivity index (χ2v) is 8.24. The summed E-state index contributed by atoms with van der Waals surface area (Å²) in [6.45, 7) is 0.255. The van der Waals surface area contributed by atoms with E-state index in [9.17, 15) is 13.2 Å². The normalized spacial score (nSPS) is 12.0. The number of aromatic nitrogens is 4. The molecule has 0 spiro atoms. The van der Waals surface area contributed by atoms with Gasteiger partial charge in [-0.25, -0.2) is 12.7 Å². The standard InChI is InChI=1S/C13H14N6O3S2/c1-18(2)24(21,22)10-5-3-9(4-6-10)12(20)14-7-11-17-19-8-15-16-13(19)23-11/h3-6,8H,7H2,1-2H3,(H,14,20).